The van der Waals surface area contributed by atoms with Crippen molar-refractivity contribution in [3.63, 3.8) is 0 Å². The van der Waals surface area contributed by atoms with Gasteiger partial charge in [0, 0.05) is 4.83 Å². The number of alkyl halides is 1. The molecule has 0 N–H and O–H groups in total. The van der Waals surface area contributed by atoms with Crippen molar-refractivity contribution in [2.24, 2.45) is 5.92 Å². The van der Waals surface area contributed by atoms with Crippen LogP contribution < -0.4 is 0 Å². The first kappa shape index (κ1) is 14.5. The minimum atomic E-state index is 0.758. The van der Waals surface area contributed by atoms with Crippen LogP contribution in [0.3, 0.4) is 0 Å². The van der Waals surface area contributed by atoms with Crippen molar-refractivity contribution in [3.05, 3.63) is 0 Å². The molecule has 1 unspecified atom stereocenters. The van der Waals surface area contributed by atoms with E-state index < -0.39 is 0 Å². The molecule has 0 aromatic rings. The van der Waals surface area contributed by atoms with Gasteiger partial charge in [-0.05, 0) is 18.8 Å². The SMILES string of the molecule is CCCCCCCCC(Br)CC(C)C. The van der Waals surface area contributed by atoms with Gasteiger partial charge in [0.2, 0.25) is 0 Å². The monoisotopic (exact) mass is 262 g/mol. The smallest absolute Gasteiger partial charge is 0.0148 e. The normalized spacial score (nSPS) is 13.5. The Kier molecular flexibility index (Phi) is 10.4. The van der Waals surface area contributed by atoms with E-state index in [2.05, 4.69) is 36.7 Å². The van der Waals surface area contributed by atoms with Gasteiger partial charge >= 0.3 is 0 Å². The Morgan fingerprint density at radius 3 is 2.07 bits per heavy atom. The molecular formula is C13H27Br. The van der Waals surface area contributed by atoms with Crippen LogP contribution in [0.4, 0.5) is 0 Å². The highest BCUT2D eigenvalue weighted by Gasteiger charge is 2.05. The number of halogens is 1. The summed E-state index contributed by atoms with van der Waals surface area (Å²) in [6.45, 7) is 6.88. The average molecular weight is 263 g/mol. The Morgan fingerprint density at radius 2 is 1.50 bits per heavy atom. The van der Waals surface area contributed by atoms with Gasteiger partial charge in [0.15, 0.2) is 0 Å². The van der Waals surface area contributed by atoms with E-state index in [-0.39, 0.29) is 0 Å². The van der Waals surface area contributed by atoms with E-state index in [1.165, 1.54) is 51.4 Å². The lowest BCUT2D eigenvalue weighted by molar-refractivity contribution is 0.523. The maximum absolute atomic E-state index is 3.76. The van der Waals surface area contributed by atoms with E-state index in [1.807, 2.05) is 0 Å². The second-order valence-corrected chi connectivity index (χ2v) is 6.08. The van der Waals surface area contributed by atoms with Crippen LogP contribution in [-0.2, 0) is 0 Å². The van der Waals surface area contributed by atoms with Crippen molar-refractivity contribution in [1.82, 2.24) is 0 Å². The van der Waals surface area contributed by atoms with Crippen molar-refractivity contribution in [3.8, 4) is 0 Å². The largest absolute Gasteiger partial charge is 0.0891 e. The summed E-state index contributed by atoms with van der Waals surface area (Å²) in [4.78, 5) is 0.758. The molecule has 0 aromatic carbocycles. The predicted octanol–water partition coefficient (Wildman–Crippen LogP) is 5.55. The summed E-state index contributed by atoms with van der Waals surface area (Å²) in [5, 5.41) is 0. The molecule has 0 aliphatic rings. The maximum atomic E-state index is 3.76. The van der Waals surface area contributed by atoms with Crippen molar-refractivity contribution in [1.29, 1.82) is 0 Å². The molecule has 0 saturated heterocycles. The Morgan fingerprint density at radius 1 is 0.929 bits per heavy atom. The lowest BCUT2D eigenvalue weighted by Gasteiger charge is -2.11. The third-order valence-electron chi connectivity index (χ3n) is 2.60. The van der Waals surface area contributed by atoms with Gasteiger partial charge in [-0.3, -0.25) is 0 Å². The van der Waals surface area contributed by atoms with E-state index in [0.29, 0.717) is 0 Å². The number of hydrogen-bond donors (Lipinski definition) is 0. The zero-order valence-electron chi connectivity index (χ0n) is 10.2. The van der Waals surface area contributed by atoms with Gasteiger partial charge in [-0.1, -0.05) is 75.2 Å². The fourth-order valence-electron chi connectivity index (χ4n) is 1.78. The molecular weight excluding hydrogens is 236 g/mol. The molecule has 0 fully saturated rings. The first-order chi connectivity index (χ1) is 6.66. The van der Waals surface area contributed by atoms with Gasteiger partial charge in [0.05, 0.1) is 0 Å². The highest BCUT2D eigenvalue weighted by Crippen LogP contribution is 2.19. The summed E-state index contributed by atoms with van der Waals surface area (Å²) in [7, 11) is 0. The first-order valence-corrected chi connectivity index (χ1v) is 7.22. The van der Waals surface area contributed by atoms with Crippen LogP contribution in [-0.4, -0.2) is 4.83 Å². The molecule has 86 valence electrons. The summed E-state index contributed by atoms with van der Waals surface area (Å²) >= 11 is 3.76. The van der Waals surface area contributed by atoms with E-state index in [4.69, 9.17) is 0 Å². The van der Waals surface area contributed by atoms with Crippen LogP contribution in [0.5, 0.6) is 0 Å². The summed E-state index contributed by atoms with van der Waals surface area (Å²) in [5.74, 6) is 0.833. The van der Waals surface area contributed by atoms with Gasteiger partial charge in [-0.2, -0.15) is 0 Å². The minimum absolute atomic E-state index is 0.758. The molecule has 0 aromatic heterocycles. The molecule has 0 amide bonds. The molecule has 1 atom stereocenters. The van der Waals surface area contributed by atoms with Crippen LogP contribution in [0.2, 0.25) is 0 Å². The molecule has 0 radical (unpaired) electrons. The molecule has 0 nitrogen and oxygen atoms in total. The molecule has 0 spiro atoms. The zero-order valence-corrected chi connectivity index (χ0v) is 11.8. The lowest BCUT2D eigenvalue weighted by Crippen LogP contribution is -2.02. The van der Waals surface area contributed by atoms with Crippen LogP contribution >= 0.6 is 15.9 Å². The third-order valence-corrected chi connectivity index (χ3v) is 3.43. The van der Waals surface area contributed by atoms with Crippen LogP contribution in [0, 0.1) is 5.92 Å². The Balaban J connectivity index is 3.10. The summed E-state index contributed by atoms with van der Waals surface area (Å²) in [5.41, 5.74) is 0. The first-order valence-electron chi connectivity index (χ1n) is 6.30. The van der Waals surface area contributed by atoms with Crippen molar-refractivity contribution < 1.29 is 0 Å². The summed E-state index contributed by atoms with van der Waals surface area (Å²) in [6.07, 6.45) is 11.2. The fourth-order valence-corrected chi connectivity index (χ4v) is 2.85. The van der Waals surface area contributed by atoms with Gasteiger partial charge in [-0.15, -0.1) is 0 Å². The molecule has 0 heterocycles. The van der Waals surface area contributed by atoms with E-state index in [1.54, 1.807) is 0 Å². The highest BCUT2D eigenvalue weighted by atomic mass is 79.9. The van der Waals surface area contributed by atoms with Crippen LogP contribution in [0.25, 0.3) is 0 Å². The fraction of sp³-hybridized carbons (Fsp3) is 1.00. The Labute approximate surface area is 99.0 Å². The van der Waals surface area contributed by atoms with Gasteiger partial charge in [0.1, 0.15) is 0 Å². The zero-order chi connectivity index (χ0) is 10.8. The third kappa shape index (κ3) is 10.6. The molecule has 0 aliphatic carbocycles. The maximum Gasteiger partial charge on any atom is 0.0148 e. The van der Waals surface area contributed by atoms with E-state index in [0.717, 1.165) is 10.7 Å². The molecule has 0 saturated carbocycles. The van der Waals surface area contributed by atoms with Crippen molar-refractivity contribution in [2.45, 2.75) is 77.0 Å². The number of hydrogen-bond acceptors (Lipinski definition) is 0. The van der Waals surface area contributed by atoms with Gasteiger partial charge in [-0.25, -0.2) is 0 Å². The van der Waals surface area contributed by atoms with E-state index >= 15 is 0 Å². The lowest BCUT2D eigenvalue weighted by atomic mass is 10.0. The average Bonchev–Trinajstić information content (AvgIpc) is 2.10. The van der Waals surface area contributed by atoms with Crippen LogP contribution in [0.15, 0.2) is 0 Å². The molecule has 1 heteroatoms. The van der Waals surface area contributed by atoms with Crippen molar-refractivity contribution in [2.75, 3.05) is 0 Å². The summed E-state index contributed by atoms with van der Waals surface area (Å²) < 4.78 is 0. The quantitative estimate of drug-likeness (QED) is 0.378. The van der Waals surface area contributed by atoms with Crippen LogP contribution in [0.1, 0.15) is 72.1 Å². The standard InChI is InChI=1S/C13H27Br/c1-4-5-6-7-8-9-10-13(14)11-12(2)3/h12-13H,4-11H2,1-3H3. The van der Waals surface area contributed by atoms with Crippen molar-refractivity contribution >= 4 is 15.9 Å². The predicted molar refractivity (Wildman–Crippen MR) is 70.2 cm³/mol. The molecule has 14 heavy (non-hydrogen) atoms. The second kappa shape index (κ2) is 10.0. The highest BCUT2D eigenvalue weighted by molar-refractivity contribution is 9.09. The number of unbranched alkanes of at least 4 members (excludes halogenated alkanes) is 5. The molecule has 0 bridgehead atoms. The topological polar surface area (TPSA) is 0 Å². The Hall–Kier alpha value is 0.480. The number of rotatable bonds is 9. The van der Waals surface area contributed by atoms with Gasteiger partial charge in [0.25, 0.3) is 0 Å². The molecule has 0 aliphatic heterocycles. The van der Waals surface area contributed by atoms with E-state index in [9.17, 15) is 0 Å². The molecule has 0 rings (SSSR count). The van der Waals surface area contributed by atoms with Gasteiger partial charge < -0.3 is 0 Å². The summed E-state index contributed by atoms with van der Waals surface area (Å²) in [6, 6.07) is 0. The minimum Gasteiger partial charge on any atom is -0.0891 e. The Bertz CT molecular complexity index is 110. The second-order valence-electron chi connectivity index (χ2n) is 4.78.